The van der Waals surface area contributed by atoms with Crippen LogP contribution in [0.2, 0.25) is 0 Å². The van der Waals surface area contributed by atoms with Gasteiger partial charge in [0.2, 0.25) is 10.0 Å². The van der Waals surface area contributed by atoms with Crippen LogP contribution in [0.3, 0.4) is 0 Å². The van der Waals surface area contributed by atoms with Gasteiger partial charge < -0.3 is 9.64 Å². The molecule has 0 bridgehead atoms. The Hall–Kier alpha value is -3.84. The molecule has 180 valence electrons. The van der Waals surface area contributed by atoms with Gasteiger partial charge in [-0.05, 0) is 47.7 Å². The maximum Gasteiger partial charge on any atom is 0.253 e. The van der Waals surface area contributed by atoms with E-state index in [0.29, 0.717) is 37.4 Å². The number of fused-ring (bicyclic) bond motifs is 1. The van der Waals surface area contributed by atoms with Crippen molar-refractivity contribution in [3.63, 3.8) is 0 Å². The van der Waals surface area contributed by atoms with Crippen LogP contribution in [0.5, 0.6) is 5.75 Å². The maximum absolute atomic E-state index is 13.2. The fraction of sp³-hybridized carbons (Fsp3) is 0.179. The van der Waals surface area contributed by atoms with Crippen molar-refractivity contribution in [1.29, 1.82) is 0 Å². The predicted molar refractivity (Wildman–Crippen MR) is 140 cm³/mol. The minimum atomic E-state index is -3.32. The summed E-state index contributed by atoms with van der Waals surface area (Å²) in [5.74, 6) is 0.742. The number of nitrogens with zero attached hydrogens (tertiary/aromatic N) is 1. The molecule has 0 aromatic heterocycles. The van der Waals surface area contributed by atoms with Crippen LogP contribution in [0, 0.1) is 0 Å². The lowest BCUT2D eigenvalue weighted by molar-refractivity contribution is 0.0732. The van der Waals surface area contributed by atoms with Crippen LogP contribution in [0.1, 0.15) is 15.9 Å². The van der Waals surface area contributed by atoms with Crippen molar-refractivity contribution in [1.82, 2.24) is 4.90 Å². The molecule has 7 heteroatoms. The Kier molecular flexibility index (Phi) is 7.67. The molecule has 0 radical (unpaired) electrons. The molecule has 0 aliphatic carbocycles. The number of sulfonamides is 1. The molecule has 0 saturated heterocycles. The summed E-state index contributed by atoms with van der Waals surface area (Å²) in [6, 6.07) is 30.4. The van der Waals surface area contributed by atoms with Crippen LogP contribution in [-0.2, 0) is 16.4 Å². The van der Waals surface area contributed by atoms with E-state index in [1.54, 1.807) is 17.0 Å². The fourth-order valence-electron chi connectivity index (χ4n) is 3.88. The number of rotatable bonds is 10. The van der Waals surface area contributed by atoms with Gasteiger partial charge in [-0.2, -0.15) is 0 Å². The Morgan fingerprint density at radius 3 is 2.26 bits per heavy atom. The van der Waals surface area contributed by atoms with E-state index in [-0.39, 0.29) is 5.91 Å². The van der Waals surface area contributed by atoms with Gasteiger partial charge in [0, 0.05) is 23.2 Å². The van der Waals surface area contributed by atoms with Gasteiger partial charge in [0.1, 0.15) is 12.4 Å². The van der Waals surface area contributed by atoms with E-state index in [1.165, 1.54) is 0 Å². The lowest BCUT2D eigenvalue weighted by Crippen LogP contribution is -2.36. The zero-order valence-corrected chi connectivity index (χ0v) is 20.4. The van der Waals surface area contributed by atoms with Crippen LogP contribution >= 0.6 is 0 Å². The molecule has 1 amide bonds. The van der Waals surface area contributed by atoms with Crippen LogP contribution < -0.4 is 9.46 Å². The van der Waals surface area contributed by atoms with Gasteiger partial charge in [0.15, 0.2) is 0 Å². The highest BCUT2D eigenvalue weighted by Gasteiger charge is 2.16. The first-order chi connectivity index (χ1) is 16.9. The summed E-state index contributed by atoms with van der Waals surface area (Å²) in [6.45, 7) is 1.31. The monoisotopic (exact) mass is 488 g/mol. The third-order valence-corrected chi connectivity index (χ3v) is 6.21. The molecular formula is C28H28N2O4S. The van der Waals surface area contributed by atoms with Gasteiger partial charge >= 0.3 is 0 Å². The van der Waals surface area contributed by atoms with Crippen LogP contribution in [0.15, 0.2) is 97.1 Å². The van der Waals surface area contributed by atoms with Crippen LogP contribution in [0.4, 0.5) is 5.69 Å². The fourth-order valence-corrected chi connectivity index (χ4v) is 4.45. The molecular weight excluding hydrogens is 460 g/mol. The number of carbonyl (C=O) groups excluding carboxylic acids is 1. The van der Waals surface area contributed by atoms with E-state index in [2.05, 4.69) is 4.72 Å². The maximum atomic E-state index is 13.2. The van der Waals surface area contributed by atoms with Crippen molar-refractivity contribution in [3.05, 3.63) is 108 Å². The summed E-state index contributed by atoms with van der Waals surface area (Å²) in [5.41, 5.74) is 2.15. The first-order valence-electron chi connectivity index (χ1n) is 11.4. The number of ether oxygens (including phenoxy) is 1. The third kappa shape index (κ3) is 6.83. The number of hydrogen-bond donors (Lipinski definition) is 1. The van der Waals surface area contributed by atoms with Gasteiger partial charge in [-0.15, -0.1) is 0 Å². The molecule has 0 heterocycles. The molecule has 0 aliphatic rings. The molecule has 4 rings (SSSR count). The Morgan fingerprint density at radius 2 is 1.51 bits per heavy atom. The number of nitrogens with one attached hydrogen (secondary N) is 1. The minimum absolute atomic E-state index is 0.0533. The molecule has 4 aromatic carbocycles. The number of hydrogen-bond acceptors (Lipinski definition) is 4. The van der Waals surface area contributed by atoms with Gasteiger partial charge in [-0.3, -0.25) is 9.52 Å². The second-order valence-electron chi connectivity index (χ2n) is 8.31. The summed E-state index contributed by atoms with van der Waals surface area (Å²) in [7, 11) is -3.32. The number of amides is 1. The Morgan fingerprint density at radius 1 is 0.829 bits per heavy atom. The lowest BCUT2D eigenvalue weighted by atomic mass is 10.1. The van der Waals surface area contributed by atoms with Gasteiger partial charge in [-0.25, -0.2) is 8.42 Å². The molecule has 35 heavy (non-hydrogen) atoms. The molecule has 0 spiro atoms. The summed E-state index contributed by atoms with van der Waals surface area (Å²) in [6.07, 6.45) is 1.75. The quantitative estimate of drug-likeness (QED) is 0.342. The van der Waals surface area contributed by atoms with E-state index < -0.39 is 10.0 Å². The average Bonchev–Trinajstić information content (AvgIpc) is 2.86. The third-order valence-electron chi connectivity index (χ3n) is 5.60. The van der Waals surface area contributed by atoms with Crippen molar-refractivity contribution < 1.29 is 17.9 Å². The highest BCUT2D eigenvalue weighted by atomic mass is 32.2. The van der Waals surface area contributed by atoms with E-state index in [4.69, 9.17) is 4.74 Å². The zero-order valence-electron chi connectivity index (χ0n) is 19.6. The largest absolute Gasteiger partial charge is 0.491 e. The smallest absolute Gasteiger partial charge is 0.253 e. The lowest BCUT2D eigenvalue weighted by Gasteiger charge is -2.23. The first-order valence-corrected chi connectivity index (χ1v) is 13.3. The Balaban J connectivity index is 1.43. The second kappa shape index (κ2) is 11.1. The van der Waals surface area contributed by atoms with Gasteiger partial charge in [-0.1, -0.05) is 66.7 Å². The predicted octanol–water partition coefficient (Wildman–Crippen LogP) is 4.98. The van der Waals surface area contributed by atoms with E-state index in [0.717, 1.165) is 28.3 Å². The topological polar surface area (TPSA) is 75.7 Å². The van der Waals surface area contributed by atoms with Crippen molar-refractivity contribution in [2.45, 2.75) is 6.42 Å². The molecule has 6 nitrogen and oxygen atoms in total. The summed E-state index contributed by atoms with van der Waals surface area (Å²) >= 11 is 0. The van der Waals surface area contributed by atoms with E-state index in [9.17, 15) is 13.2 Å². The standard InChI is InChI=1S/C28H28N2O4S/c1-35(32,33)29-25-16-14-22(15-17-25)18-19-30(28(31)24-9-3-2-4-10-24)20-21-34-27-13-7-11-23-8-5-6-12-26(23)27/h2-17,29H,18-21H2,1H3. The molecule has 0 fully saturated rings. The SMILES string of the molecule is CS(=O)(=O)Nc1ccc(CCN(CCOc2cccc3ccccc23)C(=O)c2ccccc2)cc1. The minimum Gasteiger partial charge on any atom is -0.491 e. The second-order valence-corrected chi connectivity index (χ2v) is 10.1. The molecule has 0 aliphatic heterocycles. The van der Waals surface area contributed by atoms with E-state index in [1.807, 2.05) is 84.9 Å². The highest BCUT2D eigenvalue weighted by Crippen LogP contribution is 2.25. The number of anilines is 1. The zero-order chi connectivity index (χ0) is 24.7. The first kappa shape index (κ1) is 24.3. The van der Waals surface area contributed by atoms with Crippen LogP contribution in [0.25, 0.3) is 10.8 Å². The van der Waals surface area contributed by atoms with Gasteiger partial charge in [0.25, 0.3) is 5.91 Å². The Bertz CT molecular complexity index is 1380. The molecule has 1 N–H and O–H groups in total. The molecule has 0 saturated carbocycles. The van der Waals surface area contributed by atoms with Gasteiger partial charge in [0.05, 0.1) is 12.8 Å². The van der Waals surface area contributed by atoms with E-state index >= 15 is 0 Å². The molecule has 0 unspecified atom stereocenters. The number of carbonyl (C=O) groups is 1. The summed E-state index contributed by atoms with van der Waals surface area (Å²) in [4.78, 5) is 15.0. The number of benzene rings is 4. The molecule has 0 atom stereocenters. The normalized spacial score (nSPS) is 11.2. The summed E-state index contributed by atoms with van der Waals surface area (Å²) in [5, 5.41) is 2.15. The van der Waals surface area contributed by atoms with Crippen molar-refractivity contribution >= 4 is 32.4 Å². The summed E-state index contributed by atoms with van der Waals surface area (Å²) < 4.78 is 31.4. The molecule has 4 aromatic rings. The highest BCUT2D eigenvalue weighted by molar-refractivity contribution is 7.92. The van der Waals surface area contributed by atoms with Crippen LogP contribution in [-0.4, -0.2) is 45.2 Å². The van der Waals surface area contributed by atoms with Crippen molar-refractivity contribution in [2.24, 2.45) is 0 Å². The van der Waals surface area contributed by atoms with Crippen molar-refractivity contribution in [2.75, 3.05) is 30.7 Å². The Labute approximate surface area is 206 Å². The van der Waals surface area contributed by atoms with Crippen molar-refractivity contribution in [3.8, 4) is 5.75 Å². The average molecular weight is 489 g/mol.